The van der Waals surface area contributed by atoms with Gasteiger partial charge < -0.3 is 5.11 Å². The highest BCUT2D eigenvalue weighted by atomic mass is 16.3. The van der Waals surface area contributed by atoms with E-state index in [4.69, 9.17) is 0 Å². The Balaban J connectivity index is 2.86. The number of aliphatic hydroxyl groups is 1. The van der Waals surface area contributed by atoms with E-state index >= 15 is 0 Å². The Morgan fingerprint density at radius 2 is 1.62 bits per heavy atom. The van der Waals surface area contributed by atoms with Crippen LogP contribution in [0.2, 0.25) is 0 Å². The molecule has 0 radical (unpaired) electrons. The van der Waals surface area contributed by atoms with E-state index in [1.807, 2.05) is 0 Å². The molecule has 2 unspecified atom stereocenters. The van der Waals surface area contributed by atoms with Gasteiger partial charge >= 0.3 is 0 Å². The predicted molar refractivity (Wildman–Crippen MR) is 69.7 cm³/mol. The molecule has 0 aliphatic rings. The van der Waals surface area contributed by atoms with Crippen molar-refractivity contribution in [2.24, 2.45) is 5.92 Å². The Kier molecular flexibility index (Phi) is 5.01. The Morgan fingerprint density at radius 1 is 1.06 bits per heavy atom. The fraction of sp³-hybridized carbons (Fsp3) is 0.600. The van der Waals surface area contributed by atoms with Crippen molar-refractivity contribution in [1.82, 2.24) is 0 Å². The van der Waals surface area contributed by atoms with Crippen LogP contribution in [0.25, 0.3) is 0 Å². The second kappa shape index (κ2) is 6.05. The number of aryl methyl sites for hydroxylation is 1. The molecule has 0 aromatic heterocycles. The average molecular weight is 220 g/mol. The van der Waals surface area contributed by atoms with Crippen LogP contribution in [0.1, 0.15) is 51.2 Å². The first-order valence-electron chi connectivity index (χ1n) is 6.37. The zero-order chi connectivity index (χ0) is 12.1. The van der Waals surface area contributed by atoms with Crippen molar-refractivity contribution in [3.63, 3.8) is 0 Å². The molecule has 0 saturated heterocycles. The van der Waals surface area contributed by atoms with Crippen LogP contribution < -0.4 is 0 Å². The Bertz CT molecular complexity index is 300. The van der Waals surface area contributed by atoms with Crippen molar-refractivity contribution < 1.29 is 5.11 Å². The number of hydrogen-bond acceptors (Lipinski definition) is 1. The molecule has 16 heavy (non-hydrogen) atoms. The van der Waals surface area contributed by atoms with Gasteiger partial charge in [-0.1, -0.05) is 52.0 Å². The van der Waals surface area contributed by atoms with Crippen molar-refractivity contribution in [2.75, 3.05) is 0 Å². The van der Waals surface area contributed by atoms with Crippen molar-refractivity contribution in [2.45, 2.75) is 52.6 Å². The third kappa shape index (κ3) is 3.08. The SMILES string of the molecule is CCc1ccc(C(CC)C(O)C(C)C)cc1. The predicted octanol–water partition coefficient (Wildman–Crippen LogP) is 3.76. The van der Waals surface area contributed by atoms with Gasteiger partial charge in [0.15, 0.2) is 0 Å². The van der Waals surface area contributed by atoms with E-state index in [-0.39, 0.29) is 12.0 Å². The summed E-state index contributed by atoms with van der Waals surface area (Å²) in [4.78, 5) is 0. The third-order valence-electron chi connectivity index (χ3n) is 3.35. The molecular weight excluding hydrogens is 196 g/mol. The van der Waals surface area contributed by atoms with Crippen molar-refractivity contribution in [3.05, 3.63) is 35.4 Å². The normalized spacial score (nSPS) is 15.1. The van der Waals surface area contributed by atoms with Gasteiger partial charge in [-0.15, -0.1) is 0 Å². The van der Waals surface area contributed by atoms with Gasteiger partial charge in [-0.05, 0) is 29.9 Å². The molecule has 1 aromatic rings. The maximum absolute atomic E-state index is 10.2. The first-order valence-corrected chi connectivity index (χ1v) is 6.37. The second-order valence-electron chi connectivity index (χ2n) is 4.84. The fourth-order valence-corrected chi connectivity index (χ4v) is 2.14. The minimum absolute atomic E-state index is 0.238. The van der Waals surface area contributed by atoms with Gasteiger partial charge in [-0.2, -0.15) is 0 Å². The van der Waals surface area contributed by atoms with Crippen LogP contribution in [-0.2, 0) is 6.42 Å². The molecule has 2 atom stereocenters. The highest BCUT2D eigenvalue weighted by Crippen LogP contribution is 2.27. The van der Waals surface area contributed by atoms with Gasteiger partial charge in [-0.25, -0.2) is 0 Å². The summed E-state index contributed by atoms with van der Waals surface area (Å²) in [5, 5.41) is 10.2. The summed E-state index contributed by atoms with van der Waals surface area (Å²) in [6.07, 6.45) is 1.83. The monoisotopic (exact) mass is 220 g/mol. The molecule has 1 heteroatoms. The summed E-state index contributed by atoms with van der Waals surface area (Å²) in [6.45, 7) is 8.46. The standard InChI is InChI=1S/C15H24O/c1-5-12-7-9-13(10-8-12)14(6-2)15(16)11(3)4/h7-11,14-16H,5-6H2,1-4H3. The van der Waals surface area contributed by atoms with Gasteiger partial charge in [0.25, 0.3) is 0 Å². The van der Waals surface area contributed by atoms with Crippen molar-refractivity contribution >= 4 is 0 Å². The maximum atomic E-state index is 10.2. The van der Waals surface area contributed by atoms with Gasteiger partial charge in [-0.3, -0.25) is 0 Å². The first-order chi connectivity index (χ1) is 7.60. The lowest BCUT2D eigenvalue weighted by Crippen LogP contribution is -2.23. The van der Waals surface area contributed by atoms with E-state index in [0.29, 0.717) is 5.92 Å². The van der Waals surface area contributed by atoms with Crippen LogP contribution in [0, 0.1) is 5.92 Å². The van der Waals surface area contributed by atoms with Crippen LogP contribution in [0.5, 0.6) is 0 Å². The average Bonchev–Trinajstić information content (AvgIpc) is 2.30. The smallest absolute Gasteiger partial charge is 0.0631 e. The molecule has 0 aliphatic heterocycles. The number of benzene rings is 1. The molecular formula is C15H24O. The zero-order valence-electron chi connectivity index (χ0n) is 10.9. The summed E-state index contributed by atoms with van der Waals surface area (Å²) in [5.41, 5.74) is 2.62. The van der Waals surface area contributed by atoms with Gasteiger partial charge in [0, 0.05) is 5.92 Å². The van der Waals surface area contributed by atoms with Crippen LogP contribution in [0.15, 0.2) is 24.3 Å². The highest BCUT2D eigenvalue weighted by Gasteiger charge is 2.21. The quantitative estimate of drug-likeness (QED) is 0.801. The molecule has 1 rings (SSSR count). The second-order valence-corrected chi connectivity index (χ2v) is 4.84. The lowest BCUT2D eigenvalue weighted by atomic mass is 9.85. The molecule has 0 amide bonds. The molecule has 0 bridgehead atoms. The van der Waals surface area contributed by atoms with Crippen LogP contribution in [0.4, 0.5) is 0 Å². The van der Waals surface area contributed by atoms with Crippen LogP contribution >= 0.6 is 0 Å². The van der Waals surface area contributed by atoms with Gasteiger partial charge in [0.1, 0.15) is 0 Å². The van der Waals surface area contributed by atoms with Crippen LogP contribution in [-0.4, -0.2) is 11.2 Å². The topological polar surface area (TPSA) is 20.2 Å². The molecule has 1 aromatic carbocycles. The molecule has 0 aliphatic carbocycles. The molecule has 0 fully saturated rings. The van der Waals surface area contributed by atoms with Gasteiger partial charge in [0.05, 0.1) is 6.10 Å². The third-order valence-corrected chi connectivity index (χ3v) is 3.35. The van der Waals surface area contributed by atoms with E-state index in [1.165, 1.54) is 11.1 Å². The first kappa shape index (κ1) is 13.2. The number of rotatable bonds is 5. The minimum Gasteiger partial charge on any atom is -0.392 e. The molecule has 0 saturated carbocycles. The van der Waals surface area contributed by atoms with E-state index in [1.54, 1.807) is 0 Å². The minimum atomic E-state index is -0.238. The Hall–Kier alpha value is -0.820. The number of hydrogen-bond donors (Lipinski definition) is 1. The van der Waals surface area contributed by atoms with E-state index < -0.39 is 0 Å². The van der Waals surface area contributed by atoms with E-state index in [2.05, 4.69) is 52.0 Å². The van der Waals surface area contributed by atoms with E-state index in [0.717, 1.165) is 12.8 Å². The zero-order valence-corrected chi connectivity index (χ0v) is 10.9. The van der Waals surface area contributed by atoms with E-state index in [9.17, 15) is 5.11 Å². The molecule has 90 valence electrons. The fourth-order valence-electron chi connectivity index (χ4n) is 2.14. The summed E-state index contributed by atoms with van der Waals surface area (Å²) in [7, 11) is 0. The Labute approximate surface area is 99.5 Å². The largest absolute Gasteiger partial charge is 0.392 e. The van der Waals surface area contributed by atoms with Crippen molar-refractivity contribution in [1.29, 1.82) is 0 Å². The lowest BCUT2D eigenvalue weighted by molar-refractivity contribution is 0.0943. The molecule has 0 heterocycles. The van der Waals surface area contributed by atoms with Gasteiger partial charge in [0.2, 0.25) is 0 Å². The number of aliphatic hydroxyl groups excluding tert-OH is 1. The highest BCUT2D eigenvalue weighted by molar-refractivity contribution is 5.26. The van der Waals surface area contributed by atoms with Crippen molar-refractivity contribution in [3.8, 4) is 0 Å². The molecule has 0 spiro atoms. The summed E-state index contributed by atoms with van der Waals surface area (Å²) in [5.74, 6) is 0.585. The summed E-state index contributed by atoms with van der Waals surface area (Å²) in [6, 6.07) is 8.67. The Morgan fingerprint density at radius 3 is 2.00 bits per heavy atom. The lowest BCUT2D eigenvalue weighted by Gasteiger charge is -2.25. The molecule has 1 nitrogen and oxygen atoms in total. The van der Waals surface area contributed by atoms with Crippen LogP contribution in [0.3, 0.4) is 0 Å². The summed E-state index contributed by atoms with van der Waals surface area (Å²) < 4.78 is 0. The maximum Gasteiger partial charge on any atom is 0.0631 e. The molecule has 1 N–H and O–H groups in total. The summed E-state index contributed by atoms with van der Waals surface area (Å²) >= 11 is 0.